The lowest BCUT2D eigenvalue weighted by atomic mass is 10.1. The van der Waals surface area contributed by atoms with Gasteiger partial charge in [0, 0.05) is 11.6 Å². The highest BCUT2D eigenvalue weighted by molar-refractivity contribution is 5.91. The van der Waals surface area contributed by atoms with Gasteiger partial charge in [0.15, 0.2) is 0 Å². The third-order valence-electron chi connectivity index (χ3n) is 5.42. The van der Waals surface area contributed by atoms with Gasteiger partial charge in [0.1, 0.15) is 12.4 Å². The van der Waals surface area contributed by atoms with E-state index < -0.39 is 0 Å². The molecule has 2 aromatic heterocycles. The number of hydrogen-bond donors (Lipinski definition) is 1. The summed E-state index contributed by atoms with van der Waals surface area (Å²) in [5.41, 5.74) is 3.80. The van der Waals surface area contributed by atoms with Gasteiger partial charge >= 0.3 is 0 Å². The summed E-state index contributed by atoms with van der Waals surface area (Å²) in [6, 6.07) is 26.6. The van der Waals surface area contributed by atoms with Crippen molar-refractivity contribution in [2.75, 3.05) is 5.32 Å². The Morgan fingerprint density at radius 3 is 2.42 bits per heavy atom. The molecule has 3 aromatic carbocycles. The number of anilines is 1. The van der Waals surface area contributed by atoms with Gasteiger partial charge in [-0.1, -0.05) is 60.7 Å². The number of hydrogen-bond acceptors (Lipinski definition) is 4. The number of carbonyl (C=O) groups excluding carboxylic acids is 1. The van der Waals surface area contributed by atoms with E-state index in [4.69, 9.17) is 5.10 Å². The second-order valence-electron chi connectivity index (χ2n) is 7.73. The van der Waals surface area contributed by atoms with Gasteiger partial charge < -0.3 is 5.32 Å². The molecule has 1 N–H and O–H groups in total. The second-order valence-corrected chi connectivity index (χ2v) is 7.73. The molecule has 33 heavy (non-hydrogen) atoms. The average molecular weight is 435 g/mol. The predicted molar refractivity (Wildman–Crippen MR) is 128 cm³/mol. The van der Waals surface area contributed by atoms with Crippen LogP contribution in [0.25, 0.3) is 27.8 Å². The zero-order chi connectivity index (χ0) is 22.8. The number of aryl methyl sites for hydroxylation is 1. The lowest BCUT2D eigenvalue weighted by Gasteiger charge is -2.10. The minimum Gasteiger partial charge on any atom is -0.309 e. The first-order valence-electron chi connectivity index (χ1n) is 10.6. The summed E-state index contributed by atoms with van der Waals surface area (Å²) < 4.78 is 3.00. The normalized spacial score (nSPS) is 10.9. The van der Waals surface area contributed by atoms with E-state index in [1.807, 2.05) is 85.8 Å². The first-order chi connectivity index (χ1) is 16.1. The van der Waals surface area contributed by atoms with E-state index in [-0.39, 0.29) is 18.0 Å². The van der Waals surface area contributed by atoms with Gasteiger partial charge in [0.05, 0.1) is 28.6 Å². The molecule has 0 saturated heterocycles. The van der Waals surface area contributed by atoms with Crippen LogP contribution in [-0.4, -0.2) is 25.2 Å². The fourth-order valence-corrected chi connectivity index (χ4v) is 3.77. The maximum Gasteiger partial charge on any atom is 0.261 e. The van der Waals surface area contributed by atoms with Crippen LogP contribution in [0.1, 0.15) is 5.56 Å². The Kier molecular flexibility index (Phi) is 5.28. The van der Waals surface area contributed by atoms with Crippen LogP contribution in [0.2, 0.25) is 0 Å². The molecule has 0 aliphatic rings. The average Bonchev–Trinajstić information content (AvgIpc) is 3.26. The Bertz CT molecular complexity index is 1500. The molecule has 5 rings (SSSR count). The van der Waals surface area contributed by atoms with Gasteiger partial charge in [-0.05, 0) is 30.7 Å². The molecule has 7 nitrogen and oxygen atoms in total. The van der Waals surface area contributed by atoms with Gasteiger partial charge in [-0.3, -0.25) is 14.2 Å². The van der Waals surface area contributed by atoms with Gasteiger partial charge in [-0.25, -0.2) is 9.67 Å². The van der Waals surface area contributed by atoms with Crippen molar-refractivity contribution in [1.82, 2.24) is 19.3 Å². The third kappa shape index (κ3) is 4.04. The van der Waals surface area contributed by atoms with Gasteiger partial charge in [-0.2, -0.15) is 5.10 Å². The molecule has 2 heterocycles. The summed E-state index contributed by atoms with van der Waals surface area (Å²) in [6.45, 7) is 1.75. The predicted octanol–water partition coefficient (Wildman–Crippen LogP) is 4.20. The van der Waals surface area contributed by atoms with Crippen LogP contribution in [0.5, 0.6) is 0 Å². The van der Waals surface area contributed by atoms with Crippen LogP contribution in [0, 0.1) is 6.92 Å². The minimum atomic E-state index is -0.345. The Morgan fingerprint density at radius 1 is 0.939 bits per heavy atom. The SMILES string of the molecule is Cc1cccc2c(=O)n(CC(=O)Nc3cc(-c4ccccc4)nn3-c3ccccc3)cnc12. The first-order valence-corrected chi connectivity index (χ1v) is 10.6. The Labute approximate surface area is 190 Å². The van der Waals surface area contributed by atoms with Crippen molar-refractivity contribution in [2.45, 2.75) is 13.5 Å². The molecule has 7 heteroatoms. The highest BCUT2D eigenvalue weighted by Crippen LogP contribution is 2.24. The summed E-state index contributed by atoms with van der Waals surface area (Å²) >= 11 is 0. The molecular weight excluding hydrogens is 414 g/mol. The lowest BCUT2D eigenvalue weighted by Crippen LogP contribution is -2.28. The molecule has 0 bridgehead atoms. The molecule has 1 amide bonds. The van der Waals surface area contributed by atoms with Crippen molar-refractivity contribution in [3.63, 3.8) is 0 Å². The Hall–Kier alpha value is -4.52. The number of para-hydroxylation sites is 2. The van der Waals surface area contributed by atoms with E-state index in [1.165, 1.54) is 10.9 Å². The van der Waals surface area contributed by atoms with Crippen LogP contribution >= 0.6 is 0 Å². The summed E-state index contributed by atoms with van der Waals surface area (Å²) in [7, 11) is 0. The maximum absolute atomic E-state index is 12.9. The van der Waals surface area contributed by atoms with E-state index in [0.29, 0.717) is 16.7 Å². The zero-order valence-electron chi connectivity index (χ0n) is 18.0. The highest BCUT2D eigenvalue weighted by Gasteiger charge is 2.15. The van der Waals surface area contributed by atoms with Crippen LogP contribution in [-0.2, 0) is 11.3 Å². The molecule has 0 atom stereocenters. The lowest BCUT2D eigenvalue weighted by molar-refractivity contribution is -0.116. The monoisotopic (exact) mass is 435 g/mol. The van der Waals surface area contributed by atoms with E-state index in [1.54, 1.807) is 10.7 Å². The second kappa shape index (κ2) is 8.55. The number of benzene rings is 3. The molecule has 162 valence electrons. The zero-order valence-corrected chi connectivity index (χ0v) is 18.0. The molecular formula is C26H21N5O2. The number of nitrogens with zero attached hydrogens (tertiary/aromatic N) is 4. The summed E-state index contributed by atoms with van der Waals surface area (Å²) in [5.74, 6) is 0.172. The summed E-state index contributed by atoms with van der Waals surface area (Å²) in [5, 5.41) is 8.10. The van der Waals surface area contributed by atoms with Gasteiger partial charge in [-0.15, -0.1) is 0 Å². The molecule has 0 aliphatic heterocycles. The van der Waals surface area contributed by atoms with Crippen LogP contribution in [0.4, 0.5) is 5.82 Å². The molecule has 0 spiro atoms. The molecule has 0 unspecified atom stereocenters. The number of carbonyl (C=O) groups is 1. The van der Waals surface area contributed by atoms with Crippen molar-refractivity contribution in [1.29, 1.82) is 0 Å². The Balaban J connectivity index is 1.47. The number of fused-ring (bicyclic) bond motifs is 1. The van der Waals surface area contributed by atoms with Gasteiger partial charge in [0.2, 0.25) is 5.91 Å². The van der Waals surface area contributed by atoms with Crippen LogP contribution < -0.4 is 10.9 Å². The fourth-order valence-electron chi connectivity index (χ4n) is 3.77. The van der Waals surface area contributed by atoms with Crippen LogP contribution in [0.15, 0.2) is 96.1 Å². The van der Waals surface area contributed by atoms with E-state index in [9.17, 15) is 9.59 Å². The van der Waals surface area contributed by atoms with E-state index >= 15 is 0 Å². The fraction of sp³-hybridized carbons (Fsp3) is 0.0769. The number of amides is 1. The van der Waals surface area contributed by atoms with Crippen molar-refractivity contribution in [3.05, 3.63) is 107 Å². The van der Waals surface area contributed by atoms with Crippen molar-refractivity contribution in [3.8, 4) is 16.9 Å². The van der Waals surface area contributed by atoms with Crippen molar-refractivity contribution >= 4 is 22.6 Å². The maximum atomic E-state index is 12.9. The van der Waals surface area contributed by atoms with Crippen molar-refractivity contribution in [2.24, 2.45) is 0 Å². The molecule has 0 aliphatic carbocycles. The smallest absolute Gasteiger partial charge is 0.261 e. The first kappa shape index (κ1) is 20.4. The molecule has 0 saturated carbocycles. The molecule has 0 fully saturated rings. The molecule has 5 aromatic rings. The summed E-state index contributed by atoms with van der Waals surface area (Å²) in [6.07, 6.45) is 1.42. The number of aromatic nitrogens is 4. The topological polar surface area (TPSA) is 81.8 Å². The van der Waals surface area contributed by atoms with Crippen LogP contribution in [0.3, 0.4) is 0 Å². The number of nitrogens with one attached hydrogen (secondary N) is 1. The summed E-state index contributed by atoms with van der Waals surface area (Å²) in [4.78, 5) is 30.2. The minimum absolute atomic E-state index is 0.156. The van der Waals surface area contributed by atoms with Gasteiger partial charge in [0.25, 0.3) is 5.56 Å². The number of rotatable bonds is 5. The van der Waals surface area contributed by atoms with E-state index in [0.717, 1.165) is 22.5 Å². The van der Waals surface area contributed by atoms with Crippen molar-refractivity contribution < 1.29 is 4.79 Å². The third-order valence-corrected chi connectivity index (χ3v) is 5.42. The van der Waals surface area contributed by atoms with E-state index in [2.05, 4.69) is 10.3 Å². The largest absolute Gasteiger partial charge is 0.309 e. The quantitative estimate of drug-likeness (QED) is 0.449. The highest BCUT2D eigenvalue weighted by atomic mass is 16.2. The Morgan fingerprint density at radius 2 is 1.67 bits per heavy atom. The standard InChI is InChI=1S/C26H21N5O2/c1-18-9-8-14-21-25(18)27-17-30(26(21)33)16-24(32)28-23-15-22(19-10-4-2-5-11-19)29-31(23)20-12-6-3-7-13-20/h2-15,17H,16H2,1H3,(H,28,32). The molecule has 0 radical (unpaired) electrons.